The molecule has 0 bridgehead atoms. The summed E-state index contributed by atoms with van der Waals surface area (Å²) in [6.45, 7) is 2.14. The first kappa shape index (κ1) is 18.4. The highest BCUT2D eigenvalue weighted by Gasteiger charge is 2.12. The maximum atomic E-state index is 6.26. The van der Waals surface area contributed by atoms with E-state index in [9.17, 15) is 0 Å². The second-order valence-corrected chi connectivity index (χ2v) is 7.03. The van der Waals surface area contributed by atoms with Crippen LogP contribution in [0.4, 0.5) is 0 Å². The third-order valence-electron chi connectivity index (χ3n) is 4.55. The fourth-order valence-corrected chi connectivity index (χ4v) is 3.37. The van der Waals surface area contributed by atoms with Gasteiger partial charge in [0, 0.05) is 47.8 Å². The fraction of sp³-hybridized carbons (Fsp3) is 0.130. The van der Waals surface area contributed by atoms with Crippen molar-refractivity contribution in [3.8, 4) is 11.3 Å². The molecule has 2 aromatic heterocycles. The van der Waals surface area contributed by atoms with Gasteiger partial charge in [0.15, 0.2) is 0 Å². The molecule has 0 aliphatic carbocycles. The topological polar surface area (TPSA) is 42.7 Å². The standard InChI is InChI=1S/C23H21ClN4/c24-22-11-5-4-9-19(22)13-26-15-21-17-28(16-18-7-2-1-3-8-18)27-23(21)20-10-6-12-25-14-20/h1-12,14,17,26H,13,15-16H2. The summed E-state index contributed by atoms with van der Waals surface area (Å²) in [6.07, 6.45) is 5.74. The van der Waals surface area contributed by atoms with Crippen LogP contribution in [0.2, 0.25) is 5.02 Å². The van der Waals surface area contributed by atoms with Crippen LogP contribution in [0.25, 0.3) is 11.3 Å². The SMILES string of the molecule is Clc1ccccc1CNCc1cn(Cc2ccccc2)nc1-c1cccnc1. The van der Waals surface area contributed by atoms with Gasteiger partial charge in [-0.05, 0) is 29.3 Å². The zero-order chi connectivity index (χ0) is 19.2. The quantitative estimate of drug-likeness (QED) is 0.487. The smallest absolute Gasteiger partial charge is 0.0983 e. The van der Waals surface area contributed by atoms with Crippen molar-refractivity contribution in [1.29, 1.82) is 0 Å². The minimum Gasteiger partial charge on any atom is -0.308 e. The summed E-state index contributed by atoms with van der Waals surface area (Å²) in [5.41, 5.74) is 5.41. The number of halogens is 1. The summed E-state index contributed by atoms with van der Waals surface area (Å²) < 4.78 is 1.99. The zero-order valence-corrected chi connectivity index (χ0v) is 16.2. The normalized spacial score (nSPS) is 10.9. The molecule has 0 amide bonds. The molecule has 4 rings (SSSR count). The summed E-state index contributed by atoms with van der Waals surface area (Å²) in [7, 11) is 0. The number of rotatable bonds is 7. The van der Waals surface area contributed by atoms with Gasteiger partial charge in [0.05, 0.1) is 12.2 Å². The first-order valence-electron chi connectivity index (χ1n) is 9.24. The molecule has 4 aromatic rings. The van der Waals surface area contributed by atoms with Crippen molar-refractivity contribution in [3.63, 3.8) is 0 Å². The van der Waals surface area contributed by atoms with E-state index in [1.807, 2.05) is 65.5 Å². The lowest BCUT2D eigenvalue weighted by Crippen LogP contribution is -2.13. The van der Waals surface area contributed by atoms with Crippen LogP contribution in [0.1, 0.15) is 16.7 Å². The lowest BCUT2D eigenvalue weighted by Gasteiger charge is -2.07. The molecule has 0 aliphatic heterocycles. The number of benzene rings is 2. The van der Waals surface area contributed by atoms with Crippen molar-refractivity contribution >= 4 is 11.6 Å². The maximum Gasteiger partial charge on any atom is 0.0983 e. The number of pyridine rings is 1. The van der Waals surface area contributed by atoms with Crippen LogP contribution in [-0.2, 0) is 19.6 Å². The molecule has 0 radical (unpaired) electrons. The third-order valence-corrected chi connectivity index (χ3v) is 4.92. The minimum atomic E-state index is 0.699. The lowest BCUT2D eigenvalue weighted by molar-refractivity contribution is 0.677. The highest BCUT2D eigenvalue weighted by molar-refractivity contribution is 6.31. The van der Waals surface area contributed by atoms with Crippen LogP contribution in [0.5, 0.6) is 0 Å². The molecule has 140 valence electrons. The van der Waals surface area contributed by atoms with Gasteiger partial charge in [-0.1, -0.05) is 60.1 Å². The lowest BCUT2D eigenvalue weighted by atomic mass is 10.1. The molecule has 0 fully saturated rings. The van der Waals surface area contributed by atoms with Crippen molar-refractivity contribution in [1.82, 2.24) is 20.1 Å². The average Bonchev–Trinajstić information content (AvgIpc) is 3.13. The van der Waals surface area contributed by atoms with Crippen LogP contribution >= 0.6 is 11.6 Å². The van der Waals surface area contributed by atoms with Gasteiger partial charge in [-0.3, -0.25) is 9.67 Å². The molecular weight excluding hydrogens is 368 g/mol. The first-order chi connectivity index (χ1) is 13.8. The fourth-order valence-electron chi connectivity index (χ4n) is 3.16. The molecule has 4 nitrogen and oxygen atoms in total. The molecule has 0 saturated heterocycles. The Hall–Kier alpha value is -2.95. The van der Waals surface area contributed by atoms with Gasteiger partial charge < -0.3 is 5.32 Å². The summed E-state index contributed by atoms with van der Waals surface area (Å²) in [5, 5.41) is 9.10. The molecule has 0 aliphatic rings. The van der Waals surface area contributed by atoms with Crippen molar-refractivity contribution in [3.05, 3.63) is 107 Å². The third kappa shape index (κ3) is 4.47. The van der Waals surface area contributed by atoms with E-state index >= 15 is 0 Å². The Morgan fingerprint density at radius 3 is 2.43 bits per heavy atom. The monoisotopic (exact) mass is 388 g/mol. The van der Waals surface area contributed by atoms with Gasteiger partial charge >= 0.3 is 0 Å². The number of nitrogens with zero attached hydrogens (tertiary/aromatic N) is 3. The Kier molecular flexibility index (Phi) is 5.80. The van der Waals surface area contributed by atoms with E-state index in [2.05, 4.69) is 28.6 Å². The van der Waals surface area contributed by atoms with Crippen LogP contribution in [-0.4, -0.2) is 14.8 Å². The zero-order valence-electron chi connectivity index (χ0n) is 15.4. The van der Waals surface area contributed by atoms with Crippen LogP contribution < -0.4 is 5.32 Å². The largest absolute Gasteiger partial charge is 0.308 e. The van der Waals surface area contributed by atoms with E-state index in [4.69, 9.17) is 16.7 Å². The molecule has 28 heavy (non-hydrogen) atoms. The summed E-state index contributed by atoms with van der Waals surface area (Å²) in [6, 6.07) is 22.2. The van der Waals surface area contributed by atoms with Crippen molar-refractivity contribution < 1.29 is 0 Å². The Bertz CT molecular complexity index is 1030. The summed E-state index contributed by atoms with van der Waals surface area (Å²) >= 11 is 6.26. The summed E-state index contributed by atoms with van der Waals surface area (Å²) in [5.74, 6) is 0. The highest BCUT2D eigenvalue weighted by atomic mass is 35.5. The number of hydrogen-bond acceptors (Lipinski definition) is 3. The predicted molar refractivity (Wildman–Crippen MR) is 113 cm³/mol. The average molecular weight is 389 g/mol. The van der Waals surface area contributed by atoms with Crippen LogP contribution in [0.15, 0.2) is 85.3 Å². The van der Waals surface area contributed by atoms with Gasteiger partial charge in [-0.15, -0.1) is 0 Å². The number of nitrogens with one attached hydrogen (secondary N) is 1. The first-order valence-corrected chi connectivity index (χ1v) is 9.62. The molecule has 2 heterocycles. The van der Waals surface area contributed by atoms with E-state index in [0.29, 0.717) is 13.1 Å². The van der Waals surface area contributed by atoms with Crippen LogP contribution in [0.3, 0.4) is 0 Å². The second kappa shape index (κ2) is 8.83. The van der Waals surface area contributed by atoms with Gasteiger partial charge in [0.1, 0.15) is 0 Å². The van der Waals surface area contributed by atoms with E-state index in [1.165, 1.54) is 5.56 Å². The molecule has 1 N–H and O–H groups in total. The molecule has 0 spiro atoms. The molecule has 0 unspecified atom stereocenters. The molecule has 0 atom stereocenters. The van der Waals surface area contributed by atoms with E-state index in [0.717, 1.165) is 34.0 Å². The predicted octanol–water partition coefficient (Wildman–Crippen LogP) is 4.94. The Morgan fingerprint density at radius 1 is 0.857 bits per heavy atom. The van der Waals surface area contributed by atoms with Crippen molar-refractivity contribution in [2.75, 3.05) is 0 Å². The Morgan fingerprint density at radius 2 is 1.64 bits per heavy atom. The summed E-state index contributed by atoms with van der Waals surface area (Å²) in [4.78, 5) is 4.25. The van der Waals surface area contributed by atoms with Gasteiger partial charge in [-0.2, -0.15) is 5.10 Å². The molecule has 0 saturated carbocycles. The molecule has 5 heteroatoms. The second-order valence-electron chi connectivity index (χ2n) is 6.62. The number of hydrogen-bond donors (Lipinski definition) is 1. The molecule has 2 aromatic carbocycles. The highest BCUT2D eigenvalue weighted by Crippen LogP contribution is 2.22. The van der Waals surface area contributed by atoms with Gasteiger partial charge in [-0.25, -0.2) is 0 Å². The Balaban J connectivity index is 1.55. The van der Waals surface area contributed by atoms with Gasteiger partial charge in [0.2, 0.25) is 0 Å². The number of aromatic nitrogens is 3. The van der Waals surface area contributed by atoms with Crippen LogP contribution in [0, 0.1) is 0 Å². The maximum absolute atomic E-state index is 6.26. The van der Waals surface area contributed by atoms with E-state index < -0.39 is 0 Å². The van der Waals surface area contributed by atoms with Gasteiger partial charge in [0.25, 0.3) is 0 Å². The van der Waals surface area contributed by atoms with E-state index in [-0.39, 0.29) is 0 Å². The minimum absolute atomic E-state index is 0.699. The molecular formula is C23H21ClN4. The Labute approximate surface area is 169 Å². The van der Waals surface area contributed by atoms with E-state index in [1.54, 1.807) is 6.20 Å². The van der Waals surface area contributed by atoms with Crippen molar-refractivity contribution in [2.45, 2.75) is 19.6 Å². The van der Waals surface area contributed by atoms with Crippen molar-refractivity contribution in [2.24, 2.45) is 0 Å².